The molecule has 2 N–H and O–H groups in total. The predicted molar refractivity (Wildman–Crippen MR) is 117 cm³/mol. The molecule has 1 heterocycles. The highest BCUT2D eigenvalue weighted by Crippen LogP contribution is 2.40. The molecule has 2 aromatic rings. The van der Waals surface area contributed by atoms with Gasteiger partial charge in [0, 0.05) is 5.70 Å². The number of phenols is 1. The van der Waals surface area contributed by atoms with Crippen LogP contribution in [0.4, 0.5) is 4.79 Å². The molecule has 1 atom stereocenters. The molecular formula is C23H25ClN2O5. The molecule has 0 saturated heterocycles. The van der Waals surface area contributed by atoms with Crippen LogP contribution in [0.5, 0.6) is 11.5 Å². The molecule has 0 aliphatic carbocycles. The number of halogens is 1. The molecule has 0 aromatic heterocycles. The first kappa shape index (κ1) is 22.5. The number of rotatable bonds is 7. The number of nitrogens with zero attached hydrogens (tertiary/aromatic N) is 1. The predicted octanol–water partition coefficient (Wildman–Crippen LogP) is 4.55. The number of hydrogen-bond donors (Lipinski definition) is 2. The molecule has 0 saturated carbocycles. The van der Waals surface area contributed by atoms with E-state index in [0.717, 1.165) is 5.56 Å². The Balaban J connectivity index is 2.08. The van der Waals surface area contributed by atoms with Crippen LogP contribution >= 0.6 is 11.6 Å². The van der Waals surface area contributed by atoms with Gasteiger partial charge in [0.15, 0.2) is 11.5 Å². The molecule has 0 radical (unpaired) electrons. The lowest BCUT2D eigenvalue weighted by Gasteiger charge is -2.35. The zero-order valence-electron chi connectivity index (χ0n) is 17.6. The fourth-order valence-electron chi connectivity index (χ4n) is 3.49. The molecule has 8 heteroatoms. The Hall–Kier alpha value is -3.19. The molecule has 0 bridgehead atoms. The van der Waals surface area contributed by atoms with Crippen molar-refractivity contribution in [2.75, 3.05) is 13.2 Å². The molecule has 2 amide bonds. The summed E-state index contributed by atoms with van der Waals surface area (Å²) in [5.74, 6) is -0.560. The molecule has 7 nitrogen and oxygen atoms in total. The minimum atomic E-state index is -0.809. The summed E-state index contributed by atoms with van der Waals surface area (Å²) in [5, 5.41) is 13.1. The average molecular weight is 445 g/mol. The van der Waals surface area contributed by atoms with Crippen molar-refractivity contribution in [1.29, 1.82) is 0 Å². The van der Waals surface area contributed by atoms with E-state index in [4.69, 9.17) is 21.1 Å². The van der Waals surface area contributed by atoms with Crippen molar-refractivity contribution in [1.82, 2.24) is 10.2 Å². The van der Waals surface area contributed by atoms with Gasteiger partial charge >= 0.3 is 12.0 Å². The van der Waals surface area contributed by atoms with Gasteiger partial charge < -0.3 is 19.9 Å². The van der Waals surface area contributed by atoms with Crippen LogP contribution in [0.2, 0.25) is 5.02 Å². The van der Waals surface area contributed by atoms with Crippen molar-refractivity contribution in [2.45, 2.75) is 33.4 Å². The highest BCUT2D eigenvalue weighted by Gasteiger charge is 2.37. The molecule has 1 aliphatic heterocycles. The number of nitrogens with one attached hydrogen (secondary N) is 1. The fourth-order valence-corrected chi connectivity index (χ4v) is 3.71. The standard InChI is InChI=1S/C23H25ClN2O5/c1-4-30-18-12-16(11-17(24)21(18)27)20-19(22(28)31-5-2)14(3)26(23(29)25-20)13-15-9-7-6-8-10-15/h6-12,20,27H,4-5,13H2,1-3H3,(H,25,29)/t20-/m0/s1. The van der Waals surface area contributed by atoms with Crippen LogP contribution in [0.25, 0.3) is 0 Å². The Kier molecular flexibility index (Phi) is 7.07. The van der Waals surface area contributed by atoms with Crippen LogP contribution in [0.15, 0.2) is 53.7 Å². The molecule has 0 spiro atoms. The molecule has 2 aromatic carbocycles. The third kappa shape index (κ3) is 4.77. The Morgan fingerprint density at radius 2 is 1.90 bits per heavy atom. The number of amides is 2. The van der Waals surface area contributed by atoms with Gasteiger partial charge in [0.1, 0.15) is 0 Å². The second-order valence-corrected chi connectivity index (χ2v) is 7.36. The molecule has 0 fully saturated rings. The zero-order valence-corrected chi connectivity index (χ0v) is 18.4. The molecule has 164 valence electrons. The van der Waals surface area contributed by atoms with Crippen molar-refractivity contribution in [3.05, 3.63) is 69.9 Å². The fraction of sp³-hybridized carbons (Fsp3) is 0.304. The molecule has 3 rings (SSSR count). The number of carbonyl (C=O) groups excluding carboxylic acids is 2. The van der Waals surface area contributed by atoms with E-state index < -0.39 is 12.0 Å². The summed E-state index contributed by atoms with van der Waals surface area (Å²) in [6, 6.07) is 11.4. The number of aromatic hydroxyl groups is 1. The summed E-state index contributed by atoms with van der Waals surface area (Å²) in [7, 11) is 0. The second kappa shape index (κ2) is 9.75. The molecule has 1 aliphatic rings. The molecule has 31 heavy (non-hydrogen) atoms. The van der Waals surface area contributed by atoms with Gasteiger partial charge in [-0.3, -0.25) is 4.90 Å². The summed E-state index contributed by atoms with van der Waals surface area (Å²) in [4.78, 5) is 27.4. The van der Waals surface area contributed by atoms with Crippen molar-refractivity contribution in [2.24, 2.45) is 0 Å². The minimum absolute atomic E-state index is 0.0581. The highest BCUT2D eigenvalue weighted by molar-refractivity contribution is 6.32. The summed E-state index contributed by atoms with van der Waals surface area (Å²) < 4.78 is 10.7. The Labute approximate surface area is 186 Å². The van der Waals surface area contributed by atoms with Crippen LogP contribution < -0.4 is 10.1 Å². The minimum Gasteiger partial charge on any atom is -0.503 e. The van der Waals surface area contributed by atoms with Crippen molar-refractivity contribution in [3.8, 4) is 11.5 Å². The van der Waals surface area contributed by atoms with Gasteiger partial charge in [-0.2, -0.15) is 0 Å². The van der Waals surface area contributed by atoms with Gasteiger partial charge in [-0.1, -0.05) is 41.9 Å². The quantitative estimate of drug-likeness (QED) is 0.612. The number of hydrogen-bond acceptors (Lipinski definition) is 5. The number of phenolic OH excluding ortho intramolecular Hbond substituents is 1. The van der Waals surface area contributed by atoms with E-state index in [2.05, 4.69) is 5.32 Å². The number of allylic oxidation sites excluding steroid dienone is 1. The van der Waals surface area contributed by atoms with Crippen LogP contribution in [-0.4, -0.2) is 35.2 Å². The van der Waals surface area contributed by atoms with Crippen LogP contribution in [-0.2, 0) is 16.1 Å². The van der Waals surface area contributed by atoms with Gasteiger partial charge in [-0.05, 0) is 44.0 Å². The van der Waals surface area contributed by atoms with Crippen LogP contribution in [0.3, 0.4) is 0 Å². The van der Waals surface area contributed by atoms with Crippen molar-refractivity contribution >= 4 is 23.6 Å². The van der Waals surface area contributed by atoms with Gasteiger partial charge in [0.25, 0.3) is 0 Å². The zero-order chi connectivity index (χ0) is 22.5. The van der Waals surface area contributed by atoms with Crippen LogP contribution in [0, 0.1) is 0 Å². The average Bonchev–Trinajstić information content (AvgIpc) is 2.74. The maximum absolute atomic E-state index is 13.0. The normalized spacial score (nSPS) is 16.2. The Morgan fingerprint density at radius 3 is 2.55 bits per heavy atom. The van der Waals surface area contributed by atoms with E-state index in [9.17, 15) is 14.7 Å². The Bertz CT molecular complexity index is 1010. The summed E-state index contributed by atoms with van der Waals surface area (Å²) in [5.41, 5.74) is 2.20. The summed E-state index contributed by atoms with van der Waals surface area (Å²) >= 11 is 6.19. The van der Waals surface area contributed by atoms with E-state index in [1.54, 1.807) is 26.8 Å². The second-order valence-electron chi connectivity index (χ2n) is 6.96. The lowest BCUT2D eigenvalue weighted by Crippen LogP contribution is -2.47. The van der Waals surface area contributed by atoms with Gasteiger partial charge in [0.2, 0.25) is 0 Å². The number of carbonyl (C=O) groups is 2. The third-order valence-corrected chi connectivity index (χ3v) is 5.25. The summed E-state index contributed by atoms with van der Waals surface area (Å²) in [6.07, 6.45) is 0. The van der Waals surface area contributed by atoms with Crippen LogP contribution in [0.1, 0.15) is 37.9 Å². The first-order valence-electron chi connectivity index (χ1n) is 10.0. The van der Waals surface area contributed by atoms with Gasteiger partial charge in [0.05, 0.1) is 36.4 Å². The third-order valence-electron chi connectivity index (χ3n) is 4.96. The van der Waals surface area contributed by atoms with E-state index in [1.165, 1.54) is 11.0 Å². The molecular weight excluding hydrogens is 420 g/mol. The number of esters is 1. The van der Waals surface area contributed by atoms with Crippen molar-refractivity contribution in [3.63, 3.8) is 0 Å². The summed E-state index contributed by atoms with van der Waals surface area (Å²) in [6.45, 7) is 6.01. The monoisotopic (exact) mass is 444 g/mol. The van der Waals surface area contributed by atoms with Gasteiger partial charge in [-0.25, -0.2) is 9.59 Å². The van der Waals surface area contributed by atoms with E-state index in [-0.39, 0.29) is 29.2 Å². The lowest BCUT2D eigenvalue weighted by atomic mass is 9.94. The highest BCUT2D eigenvalue weighted by atomic mass is 35.5. The SMILES string of the molecule is CCOC(=O)C1=C(C)N(Cc2ccccc2)C(=O)N[C@H]1c1cc(Cl)c(O)c(OCC)c1. The number of urea groups is 1. The smallest absolute Gasteiger partial charge is 0.338 e. The maximum Gasteiger partial charge on any atom is 0.338 e. The first-order valence-corrected chi connectivity index (χ1v) is 10.4. The topological polar surface area (TPSA) is 88.1 Å². The number of ether oxygens (including phenoxy) is 2. The molecule has 0 unspecified atom stereocenters. The van der Waals surface area contributed by atoms with Crippen molar-refractivity contribution < 1.29 is 24.2 Å². The van der Waals surface area contributed by atoms with Gasteiger partial charge in [-0.15, -0.1) is 0 Å². The van der Waals surface area contributed by atoms with E-state index in [0.29, 0.717) is 30.0 Å². The first-order chi connectivity index (χ1) is 14.9. The number of benzene rings is 2. The van der Waals surface area contributed by atoms with E-state index in [1.807, 2.05) is 30.3 Å². The largest absolute Gasteiger partial charge is 0.503 e. The lowest BCUT2D eigenvalue weighted by molar-refractivity contribution is -0.139. The maximum atomic E-state index is 13.0. The van der Waals surface area contributed by atoms with E-state index >= 15 is 0 Å². The Morgan fingerprint density at radius 1 is 1.19 bits per heavy atom.